The Morgan fingerprint density at radius 3 is 2.42 bits per heavy atom. The van der Waals surface area contributed by atoms with Gasteiger partial charge in [0.15, 0.2) is 12.4 Å². The Kier molecular flexibility index (Phi) is 5.59. The van der Waals surface area contributed by atoms with Crippen molar-refractivity contribution < 1.29 is 27.8 Å². The van der Waals surface area contributed by atoms with Crippen molar-refractivity contribution in [3.63, 3.8) is 0 Å². The van der Waals surface area contributed by atoms with E-state index in [2.05, 4.69) is 15.5 Å². The summed E-state index contributed by atoms with van der Waals surface area (Å²) in [7, 11) is 0. The number of nitrogens with zero attached hydrogens (tertiary/aromatic N) is 4. The SMILES string of the molecule is O=C(O)NC1(c2ccc(-c3nc4c(cc3-c3ccccc3)-n3c(nnc3CC(F)(F)F)CO4)cc2)CCC1. The summed E-state index contributed by atoms with van der Waals surface area (Å²) in [6, 6.07) is 18.7. The molecule has 0 radical (unpaired) electrons. The minimum absolute atomic E-state index is 0.0582. The van der Waals surface area contributed by atoms with E-state index in [0.717, 1.165) is 36.0 Å². The zero-order valence-electron chi connectivity index (χ0n) is 20.0. The largest absolute Gasteiger partial charge is 0.468 e. The van der Waals surface area contributed by atoms with Gasteiger partial charge in [0.05, 0.1) is 11.2 Å². The number of nitrogens with one attached hydrogen (secondary N) is 1. The first-order chi connectivity index (χ1) is 18.2. The van der Waals surface area contributed by atoms with Crippen molar-refractivity contribution in [3.05, 3.63) is 77.9 Å². The van der Waals surface area contributed by atoms with Crippen molar-refractivity contribution in [2.45, 2.75) is 44.0 Å². The number of pyridine rings is 1. The van der Waals surface area contributed by atoms with Gasteiger partial charge >= 0.3 is 12.3 Å². The molecule has 2 N–H and O–H groups in total. The van der Waals surface area contributed by atoms with Crippen LogP contribution in [0.3, 0.4) is 0 Å². The Morgan fingerprint density at radius 1 is 1.05 bits per heavy atom. The topological polar surface area (TPSA) is 102 Å². The molecule has 0 spiro atoms. The zero-order valence-corrected chi connectivity index (χ0v) is 20.0. The molecule has 3 heterocycles. The number of aromatic nitrogens is 4. The summed E-state index contributed by atoms with van der Waals surface area (Å²) in [4.78, 5) is 16.1. The number of carbonyl (C=O) groups is 1. The molecule has 38 heavy (non-hydrogen) atoms. The number of ether oxygens (including phenoxy) is 1. The van der Waals surface area contributed by atoms with Crippen LogP contribution in [0, 0.1) is 0 Å². The Hall–Kier alpha value is -4.41. The summed E-state index contributed by atoms with van der Waals surface area (Å²) in [5.74, 6) is 0.223. The van der Waals surface area contributed by atoms with Crippen LogP contribution in [0.5, 0.6) is 5.88 Å². The maximum atomic E-state index is 13.2. The summed E-state index contributed by atoms with van der Waals surface area (Å²) in [5.41, 5.74) is 3.48. The molecule has 0 saturated heterocycles. The molecule has 8 nitrogen and oxygen atoms in total. The molecular weight excluding hydrogens is 499 g/mol. The fraction of sp³-hybridized carbons (Fsp3) is 0.259. The van der Waals surface area contributed by atoms with E-state index < -0.39 is 24.2 Å². The lowest BCUT2D eigenvalue weighted by Gasteiger charge is -2.42. The Balaban J connectivity index is 1.47. The second-order valence-electron chi connectivity index (χ2n) is 9.47. The predicted octanol–water partition coefficient (Wildman–Crippen LogP) is 5.64. The molecular formula is C27H22F3N5O3. The second kappa shape index (κ2) is 8.86. The molecule has 0 atom stereocenters. The van der Waals surface area contributed by atoms with Crippen LogP contribution < -0.4 is 10.1 Å². The van der Waals surface area contributed by atoms with Gasteiger partial charge in [0.25, 0.3) is 0 Å². The average Bonchev–Trinajstić information content (AvgIpc) is 3.27. The average molecular weight is 521 g/mol. The molecule has 2 aromatic heterocycles. The van der Waals surface area contributed by atoms with Crippen LogP contribution >= 0.6 is 0 Å². The van der Waals surface area contributed by atoms with Gasteiger partial charge in [-0.1, -0.05) is 54.6 Å². The van der Waals surface area contributed by atoms with Gasteiger partial charge in [-0.15, -0.1) is 10.2 Å². The van der Waals surface area contributed by atoms with Crippen LogP contribution in [0.2, 0.25) is 0 Å². The number of halogens is 3. The molecule has 1 aliphatic carbocycles. The summed E-state index contributed by atoms with van der Waals surface area (Å²) in [5, 5.41) is 19.6. The van der Waals surface area contributed by atoms with Gasteiger partial charge in [-0.3, -0.25) is 4.57 Å². The first kappa shape index (κ1) is 24.0. The molecule has 1 amide bonds. The standard InChI is InChI=1S/C27H22F3N5O3/c28-27(29,30)14-21-33-34-22-15-38-24-20(35(21)22)13-19(16-5-2-1-3-6-16)23(31-24)17-7-9-18(10-8-17)26(11-4-12-26)32-25(36)37/h1-3,5-10,13,32H,4,11-12,14-15H2,(H,36,37). The smallest absolute Gasteiger partial charge is 0.405 e. The van der Waals surface area contributed by atoms with E-state index >= 15 is 0 Å². The fourth-order valence-corrected chi connectivity index (χ4v) is 5.13. The van der Waals surface area contributed by atoms with Crippen LogP contribution in [0.1, 0.15) is 36.5 Å². The predicted molar refractivity (Wildman–Crippen MR) is 131 cm³/mol. The maximum Gasteiger partial charge on any atom is 0.405 e. The number of fused-ring (bicyclic) bond motifs is 3. The third-order valence-electron chi connectivity index (χ3n) is 7.05. The Morgan fingerprint density at radius 2 is 1.79 bits per heavy atom. The van der Waals surface area contributed by atoms with Gasteiger partial charge in [-0.2, -0.15) is 13.2 Å². The van der Waals surface area contributed by atoms with Gasteiger partial charge < -0.3 is 15.2 Å². The van der Waals surface area contributed by atoms with Gasteiger partial charge in [-0.25, -0.2) is 9.78 Å². The van der Waals surface area contributed by atoms with E-state index in [1.54, 1.807) is 6.07 Å². The number of amides is 1. The molecule has 2 aliphatic rings. The molecule has 1 fully saturated rings. The molecule has 194 valence electrons. The van der Waals surface area contributed by atoms with Gasteiger partial charge in [-0.05, 0) is 36.5 Å². The van der Waals surface area contributed by atoms with Crippen molar-refractivity contribution in [2.24, 2.45) is 0 Å². The molecule has 1 saturated carbocycles. The van der Waals surface area contributed by atoms with Crippen LogP contribution in [-0.2, 0) is 18.6 Å². The van der Waals surface area contributed by atoms with Crippen molar-refractivity contribution in [2.75, 3.05) is 0 Å². The van der Waals surface area contributed by atoms with Crippen LogP contribution in [0.25, 0.3) is 28.1 Å². The quantitative estimate of drug-likeness (QED) is 0.352. The lowest BCUT2D eigenvalue weighted by molar-refractivity contribution is -0.128. The van der Waals surface area contributed by atoms with Gasteiger partial charge in [0.1, 0.15) is 17.9 Å². The van der Waals surface area contributed by atoms with E-state index in [0.29, 0.717) is 16.9 Å². The molecule has 11 heteroatoms. The van der Waals surface area contributed by atoms with Crippen molar-refractivity contribution in [1.82, 2.24) is 25.1 Å². The van der Waals surface area contributed by atoms with Gasteiger partial charge in [0.2, 0.25) is 5.88 Å². The normalized spacial score (nSPS) is 15.6. The minimum Gasteiger partial charge on any atom is -0.468 e. The molecule has 0 bridgehead atoms. The first-order valence-electron chi connectivity index (χ1n) is 12.1. The molecule has 1 aliphatic heterocycles. The number of benzene rings is 2. The highest BCUT2D eigenvalue weighted by atomic mass is 19.4. The first-order valence-corrected chi connectivity index (χ1v) is 12.1. The molecule has 0 unspecified atom stereocenters. The van der Waals surface area contributed by atoms with E-state index in [4.69, 9.17) is 9.72 Å². The van der Waals surface area contributed by atoms with Crippen LogP contribution in [0.15, 0.2) is 60.7 Å². The van der Waals surface area contributed by atoms with Crippen LogP contribution in [0.4, 0.5) is 18.0 Å². The minimum atomic E-state index is -4.45. The monoisotopic (exact) mass is 521 g/mol. The van der Waals surface area contributed by atoms with E-state index in [1.807, 2.05) is 54.6 Å². The highest BCUT2D eigenvalue weighted by molar-refractivity contribution is 5.83. The van der Waals surface area contributed by atoms with E-state index in [9.17, 15) is 23.1 Å². The number of hydrogen-bond acceptors (Lipinski definition) is 5. The zero-order chi connectivity index (χ0) is 26.5. The lowest BCUT2D eigenvalue weighted by atomic mass is 9.71. The summed E-state index contributed by atoms with van der Waals surface area (Å²) in [6.07, 6.45) is -4.36. The van der Waals surface area contributed by atoms with Crippen LogP contribution in [-0.4, -0.2) is 37.1 Å². The Bertz CT molecular complexity index is 1510. The second-order valence-corrected chi connectivity index (χ2v) is 9.47. The molecule has 6 rings (SSSR count). The van der Waals surface area contributed by atoms with E-state index in [1.165, 1.54) is 4.57 Å². The third kappa shape index (κ3) is 4.23. The molecule has 2 aromatic carbocycles. The number of rotatable bonds is 5. The van der Waals surface area contributed by atoms with Crippen molar-refractivity contribution in [1.29, 1.82) is 0 Å². The molecule has 4 aromatic rings. The van der Waals surface area contributed by atoms with Crippen molar-refractivity contribution in [3.8, 4) is 34.0 Å². The van der Waals surface area contributed by atoms with E-state index in [-0.39, 0.29) is 24.1 Å². The third-order valence-corrected chi connectivity index (χ3v) is 7.05. The number of alkyl halides is 3. The number of hydrogen-bond donors (Lipinski definition) is 2. The summed E-state index contributed by atoms with van der Waals surface area (Å²) >= 11 is 0. The van der Waals surface area contributed by atoms with Crippen molar-refractivity contribution >= 4 is 6.09 Å². The van der Waals surface area contributed by atoms with Gasteiger partial charge in [0, 0.05) is 11.1 Å². The number of carboxylic acid groups (broad SMARTS) is 1. The fourth-order valence-electron chi connectivity index (χ4n) is 5.13. The summed E-state index contributed by atoms with van der Waals surface area (Å²) < 4.78 is 46.9. The maximum absolute atomic E-state index is 13.2. The summed E-state index contributed by atoms with van der Waals surface area (Å²) in [6.45, 7) is -0.0582. The Labute approximate surface area is 215 Å². The lowest BCUT2D eigenvalue weighted by Crippen LogP contribution is -2.50. The highest BCUT2D eigenvalue weighted by Gasteiger charge is 2.40. The highest BCUT2D eigenvalue weighted by Crippen LogP contribution is 2.43.